The van der Waals surface area contributed by atoms with E-state index < -0.39 is 11.8 Å². The van der Waals surface area contributed by atoms with Gasteiger partial charge in [-0.2, -0.15) is 5.26 Å². The Balaban J connectivity index is 1.39. The van der Waals surface area contributed by atoms with Crippen molar-refractivity contribution in [2.75, 3.05) is 13.2 Å². The van der Waals surface area contributed by atoms with Crippen molar-refractivity contribution in [1.29, 1.82) is 5.26 Å². The van der Waals surface area contributed by atoms with Gasteiger partial charge in [-0.15, -0.1) is 0 Å². The molecule has 0 bridgehead atoms. The van der Waals surface area contributed by atoms with Gasteiger partial charge in [0.2, 0.25) is 0 Å². The fourth-order valence-corrected chi connectivity index (χ4v) is 2.70. The fraction of sp³-hybridized carbons (Fsp3) is 0.125. The van der Waals surface area contributed by atoms with Crippen LogP contribution in [0.25, 0.3) is 11.1 Å². The Hall–Kier alpha value is -4.31. The highest BCUT2D eigenvalue weighted by molar-refractivity contribution is 5.83. The molecule has 0 aliphatic rings. The minimum atomic E-state index is -0.500. The van der Waals surface area contributed by atoms with E-state index in [1.54, 1.807) is 30.3 Å². The Labute approximate surface area is 180 Å². The number of hydrazine groups is 1. The Morgan fingerprint density at radius 2 is 1.35 bits per heavy atom. The lowest BCUT2D eigenvalue weighted by molar-refractivity contribution is -0.131. The molecule has 0 saturated heterocycles. The normalized spacial score (nSPS) is 9.94. The van der Waals surface area contributed by atoms with Crippen molar-refractivity contribution in [3.63, 3.8) is 0 Å². The second-order valence-corrected chi connectivity index (χ2v) is 6.70. The zero-order valence-corrected chi connectivity index (χ0v) is 16.9. The number of nitriles is 1. The van der Waals surface area contributed by atoms with Gasteiger partial charge in [0, 0.05) is 0 Å². The Morgan fingerprint density at radius 1 is 0.806 bits per heavy atom. The molecule has 0 aromatic heterocycles. The first kappa shape index (κ1) is 21.4. The summed E-state index contributed by atoms with van der Waals surface area (Å²) in [5, 5.41) is 8.86. The summed E-state index contributed by atoms with van der Waals surface area (Å²) >= 11 is 0. The second-order valence-electron chi connectivity index (χ2n) is 6.70. The summed E-state index contributed by atoms with van der Waals surface area (Å²) in [7, 11) is 0. The van der Waals surface area contributed by atoms with Crippen molar-refractivity contribution in [3.05, 3.63) is 83.9 Å². The van der Waals surface area contributed by atoms with Crippen molar-refractivity contribution >= 4 is 11.8 Å². The molecule has 0 aliphatic carbocycles. The van der Waals surface area contributed by atoms with Gasteiger partial charge >= 0.3 is 0 Å². The molecule has 0 aliphatic heterocycles. The predicted octanol–water partition coefficient (Wildman–Crippen LogP) is 3.14. The number of carbonyl (C=O) groups excluding carboxylic acids is 2. The molecule has 0 saturated carbocycles. The van der Waals surface area contributed by atoms with E-state index in [4.69, 9.17) is 14.7 Å². The summed E-state index contributed by atoms with van der Waals surface area (Å²) < 4.78 is 10.8. The van der Waals surface area contributed by atoms with Crippen LogP contribution in [0.5, 0.6) is 11.5 Å². The van der Waals surface area contributed by atoms with Crippen LogP contribution in [0.15, 0.2) is 72.8 Å². The number of nitrogens with one attached hydrogen (secondary N) is 2. The summed E-state index contributed by atoms with van der Waals surface area (Å²) in [6.07, 6.45) is 0. The van der Waals surface area contributed by atoms with Gasteiger partial charge in [0.25, 0.3) is 11.8 Å². The van der Waals surface area contributed by atoms with E-state index in [1.807, 2.05) is 49.4 Å². The molecule has 7 heteroatoms. The number of hydrogen-bond acceptors (Lipinski definition) is 5. The lowest BCUT2D eigenvalue weighted by Gasteiger charge is -2.10. The van der Waals surface area contributed by atoms with E-state index in [-0.39, 0.29) is 13.2 Å². The fourth-order valence-electron chi connectivity index (χ4n) is 2.70. The molecule has 3 aromatic carbocycles. The lowest BCUT2D eigenvalue weighted by atomic mass is 10.0. The second kappa shape index (κ2) is 10.5. The molecular formula is C24H21N3O4. The number of nitrogens with zero attached hydrogens (tertiary/aromatic N) is 1. The number of benzene rings is 3. The van der Waals surface area contributed by atoms with Crippen LogP contribution in [0.2, 0.25) is 0 Å². The highest BCUT2D eigenvalue weighted by Gasteiger charge is 2.07. The quantitative estimate of drug-likeness (QED) is 0.578. The molecule has 0 unspecified atom stereocenters. The molecule has 3 rings (SSSR count). The molecule has 156 valence electrons. The molecule has 3 aromatic rings. The first-order valence-electron chi connectivity index (χ1n) is 9.54. The first-order chi connectivity index (χ1) is 15.0. The molecule has 7 nitrogen and oxygen atoms in total. The molecule has 0 spiro atoms. The van der Waals surface area contributed by atoms with Crippen LogP contribution >= 0.6 is 0 Å². The van der Waals surface area contributed by atoms with E-state index in [0.717, 1.165) is 16.7 Å². The molecule has 0 radical (unpaired) electrons. The number of rotatable bonds is 7. The smallest absolute Gasteiger partial charge is 0.276 e. The average Bonchev–Trinajstić information content (AvgIpc) is 2.80. The van der Waals surface area contributed by atoms with Gasteiger partial charge < -0.3 is 9.47 Å². The Kier molecular flexibility index (Phi) is 7.22. The van der Waals surface area contributed by atoms with Crippen LogP contribution in [0, 0.1) is 18.3 Å². The number of ether oxygens (including phenoxy) is 2. The van der Waals surface area contributed by atoms with Crippen LogP contribution in [0.3, 0.4) is 0 Å². The van der Waals surface area contributed by atoms with Gasteiger partial charge in [0.15, 0.2) is 13.2 Å². The van der Waals surface area contributed by atoms with Crippen LogP contribution in [-0.2, 0) is 9.59 Å². The van der Waals surface area contributed by atoms with Gasteiger partial charge in [-0.1, -0.05) is 36.4 Å². The van der Waals surface area contributed by atoms with Crippen LogP contribution in [0.4, 0.5) is 0 Å². The van der Waals surface area contributed by atoms with Gasteiger partial charge in [-0.05, 0) is 60.0 Å². The first-order valence-corrected chi connectivity index (χ1v) is 9.54. The van der Waals surface area contributed by atoms with Gasteiger partial charge in [-0.3, -0.25) is 20.4 Å². The van der Waals surface area contributed by atoms with Crippen molar-refractivity contribution in [3.8, 4) is 28.7 Å². The summed E-state index contributed by atoms with van der Waals surface area (Å²) in [5.41, 5.74) is 8.11. The maximum Gasteiger partial charge on any atom is 0.276 e. The van der Waals surface area contributed by atoms with Gasteiger partial charge in [0.05, 0.1) is 11.6 Å². The topological polar surface area (TPSA) is 100 Å². The van der Waals surface area contributed by atoms with Crippen LogP contribution in [-0.4, -0.2) is 25.0 Å². The molecule has 0 heterocycles. The van der Waals surface area contributed by atoms with Crippen molar-refractivity contribution in [2.24, 2.45) is 0 Å². The minimum Gasteiger partial charge on any atom is -0.484 e. The minimum absolute atomic E-state index is 0.221. The summed E-state index contributed by atoms with van der Waals surface area (Å²) in [6, 6.07) is 23.9. The standard InChI is InChI=1S/C24H21N3O4/c1-17-3-2-4-22(13-17)31-16-24(29)27-26-23(28)15-30-21-11-9-20(10-12-21)19-7-5-18(14-25)6-8-19/h2-13H,15-16H2,1H3,(H,26,28)(H,27,29). The van der Waals surface area contributed by atoms with Crippen molar-refractivity contribution < 1.29 is 19.1 Å². The zero-order valence-electron chi connectivity index (χ0n) is 16.9. The largest absolute Gasteiger partial charge is 0.484 e. The van der Waals surface area contributed by atoms with Gasteiger partial charge in [0.1, 0.15) is 11.5 Å². The Morgan fingerprint density at radius 3 is 1.90 bits per heavy atom. The van der Waals surface area contributed by atoms with E-state index in [0.29, 0.717) is 17.1 Å². The molecule has 2 N–H and O–H groups in total. The lowest BCUT2D eigenvalue weighted by Crippen LogP contribution is -2.45. The Bertz CT molecular complexity index is 1090. The third kappa shape index (κ3) is 6.61. The van der Waals surface area contributed by atoms with E-state index in [1.165, 1.54) is 0 Å². The average molecular weight is 415 g/mol. The molecule has 0 atom stereocenters. The maximum atomic E-state index is 11.9. The number of hydrogen-bond donors (Lipinski definition) is 2. The number of aryl methyl sites for hydroxylation is 1. The predicted molar refractivity (Wildman–Crippen MR) is 115 cm³/mol. The summed E-state index contributed by atoms with van der Waals surface area (Å²) in [4.78, 5) is 23.7. The van der Waals surface area contributed by atoms with E-state index in [9.17, 15) is 9.59 Å². The third-order valence-electron chi connectivity index (χ3n) is 4.27. The highest BCUT2D eigenvalue weighted by atomic mass is 16.5. The zero-order chi connectivity index (χ0) is 22.1. The van der Waals surface area contributed by atoms with Crippen molar-refractivity contribution in [2.45, 2.75) is 6.92 Å². The van der Waals surface area contributed by atoms with E-state index >= 15 is 0 Å². The van der Waals surface area contributed by atoms with Gasteiger partial charge in [-0.25, -0.2) is 0 Å². The molecular weight excluding hydrogens is 394 g/mol. The molecule has 31 heavy (non-hydrogen) atoms. The maximum absolute atomic E-state index is 11.9. The monoisotopic (exact) mass is 415 g/mol. The molecule has 0 fully saturated rings. The molecule has 2 amide bonds. The third-order valence-corrected chi connectivity index (χ3v) is 4.27. The number of amides is 2. The van der Waals surface area contributed by atoms with Crippen LogP contribution in [0.1, 0.15) is 11.1 Å². The SMILES string of the molecule is Cc1cccc(OCC(=O)NNC(=O)COc2ccc(-c3ccc(C#N)cc3)cc2)c1. The summed E-state index contributed by atoms with van der Waals surface area (Å²) in [5.74, 6) is 0.109. The highest BCUT2D eigenvalue weighted by Crippen LogP contribution is 2.22. The summed E-state index contributed by atoms with van der Waals surface area (Å²) in [6.45, 7) is 1.45. The van der Waals surface area contributed by atoms with Crippen molar-refractivity contribution in [1.82, 2.24) is 10.9 Å². The van der Waals surface area contributed by atoms with E-state index in [2.05, 4.69) is 16.9 Å². The number of carbonyl (C=O) groups is 2. The van der Waals surface area contributed by atoms with Crippen LogP contribution < -0.4 is 20.3 Å².